The van der Waals surface area contributed by atoms with E-state index in [9.17, 15) is 0 Å². The van der Waals surface area contributed by atoms with Crippen molar-refractivity contribution >= 4 is 46.1 Å². The molecular formula is C42H40O4P2. The van der Waals surface area contributed by atoms with E-state index in [0.717, 1.165) is 22.3 Å². The lowest BCUT2D eigenvalue weighted by Gasteiger charge is -2.28. The van der Waals surface area contributed by atoms with Crippen molar-refractivity contribution < 1.29 is 18.6 Å². The Labute approximate surface area is 284 Å². The van der Waals surface area contributed by atoms with Crippen LogP contribution in [0.25, 0.3) is 11.1 Å². The molecule has 0 saturated carbocycles. The summed E-state index contributed by atoms with van der Waals surface area (Å²) in [7, 11) is -3.87. The maximum absolute atomic E-state index is 16.1. The summed E-state index contributed by atoms with van der Waals surface area (Å²) in [6.45, 7) is 8.08. The van der Waals surface area contributed by atoms with Crippen LogP contribution in [0.4, 0.5) is 0 Å². The molecule has 0 aliphatic rings. The minimum Gasteiger partial charge on any atom is -0.496 e. The van der Waals surface area contributed by atoms with Gasteiger partial charge >= 0.3 is 0 Å². The molecule has 0 amide bonds. The van der Waals surface area contributed by atoms with Gasteiger partial charge in [0.2, 0.25) is 0 Å². The minimum atomic E-state index is -3.54. The smallest absolute Gasteiger partial charge is 0.171 e. The lowest BCUT2D eigenvalue weighted by atomic mass is 10.0. The van der Waals surface area contributed by atoms with Gasteiger partial charge in [-0.15, -0.1) is 0 Å². The van der Waals surface area contributed by atoms with E-state index in [1.807, 2.05) is 161 Å². The summed E-state index contributed by atoms with van der Waals surface area (Å²) in [5.74, 6) is 1.02. The van der Waals surface area contributed by atoms with Crippen molar-refractivity contribution in [2.75, 3.05) is 14.2 Å². The molecule has 6 aromatic rings. The van der Waals surface area contributed by atoms with E-state index in [2.05, 4.69) is 0 Å². The van der Waals surface area contributed by atoms with E-state index in [1.165, 1.54) is 0 Å². The Bertz CT molecular complexity index is 1910. The molecule has 6 rings (SSSR count). The van der Waals surface area contributed by atoms with Gasteiger partial charge in [-0.1, -0.05) is 131 Å². The summed E-state index contributed by atoms with van der Waals surface area (Å²) >= 11 is 0. The second-order valence-electron chi connectivity index (χ2n) is 12.3. The van der Waals surface area contributed by atoms with Gasteiger partial charge in [-0.3, -0.25) is 0 Å². The van der Waals surface area contributed by atoms with E-state index in [0.29, 0.717) is 54.5 Å². The van der Waals surface area contributed by atoms with Gasteiger partial charge in [0, 0.05) is 43.0 Å². The lowest BCUT2D eigenvalue weighted by Crippen LogP contribution is -2.30. The fraction of sp³-hybridized carbons (Fsp3) is 0.143. The van der Waals surface area contributed by atoms with Gasteiger partial charge in [0.25, 0.3) is 0 Å². The summed E-state index contributed by atoms with van der Waals surface area (Å²) in [5, 5.41) is 3.96. The van der Waals surface area contributed by atoms with Crippen LogP contribution in [0.3, 0.4) is 0 Å². The Morgan fingerprint density at radius 3 is 0.854 bits per heavy atom. The summed E-state index contributed by atoms with van der Waals surface area (Å²) in [6.07, 6.45) is 0. The van der Waals surface area contributed by atoms with E-state index in [1.54, 1.807) is 14.2 Å². The maximum Gasteiger partial charge on any atom is 0.171 e. The SMILES string of the molecule is COc1cccc(P(=O)(c2ccc(C)cc2)c2ccc(C)cc2)c1-c1c(OC)cccc1P(=O)(c1ccc(C)cc1)c1ccc(C)cc1. The van der Waals surface area contributed by atoms with Crippen LogP contribution in [0.15, 0.2) is 133 Å². The molecule has 0 heterocycles. The molecule has 0 aliphatic carbocycles. The van der Waals surface area contributed by atoms with E-state index in [4.69, 9.17) is 9.47 Å². The van der Waals surface area contributed by atoms with Gasteiger partial charge in [-0.05, 0) is 52.0 Å². The summed E-state index contributed by atoms with van der Waals surface area (Å²) in [5.41, 5.74) is 5.48. The van der Waals surface area contributed by atoms with Crippen molar-refractivity contribution in [3.05, 3.63) is 156 Å². The summed E-state index contributed by atoms with van der Waals surface area (Å²) < 4.78 is 44.4. The van der Waals surface area contributed by atoms with Crippen molar-refractivity contribution in [3.63, 3.8) is 0 Å². The largest absolute Gasteiger partial charge is 0.496 e. The number of aryl methyl sites for hydroxylation is 4. The third-order valence-electron chi connectivity index (χ3n) is 8.97. The van der Waals surface area contributed by atoms with Crippen LogP contribution in [0.5, 0.6) is 11.5 Å². The molecule has 0 N–H and O–H groups in total. The van der Waals surface area contributed by atoms with Crippen LogP contribution < -0.4 is 41.3 Å². The minimum absolute atomic E-state index is 0.511. The highest BCUT2D eigenvalue weighted by molar-refractivity contribution is 7.86. The fourth-order valence-electron chi connectivity index (χ4n) is 6.28. The topological polar surface area (TPSA) is 52.6 Å². The van der Waals surface area contributed by atoms with Crippen molar-refractivity contribution in [2.45, 2.75) is 27.7 Å². The fourth-order valence-corrected chi connectivity index (χ4v) is 11.9. The molecule has 0 aromatic heterocycles. The molecule has 0 saturated heterocycles. The second kappa shape index (κ2) is 13.5. The van der Waals surface area contributed by atoms with Crippen molar-refractivity contribution in [1.29, 1.82) is 0 Å². The van der Waals surface area contributed by atoms with Crippen LogP contribution in [0.2, 0.25) is 0 Å². The number of hydrogen-bond acceptors (Lipinski definition) is 4. The van der Waals surface area contributed by atoms with Crippen molar-refractivity contribution in [3.8, 4) is 22.6 Å². The first-order chi connectivity index (χ1) is 23.1. The molecule has 48 heavy (non-hydrogen) atoms. The number of methoxy groups -OCH3 is 2. The molecule has 242 valence electrons. The first-order valence-electron chi connectivity index (χ1n) is 16.0. The molecule has 0 atom stereocenters. The van der Waals surface area contributed by atoms with Gasteiger partial charge in [-0.2, -0.15) is 0 Å². The van der Waals surface area contributed by atoms with Crippen molar-refractivity contribution in [1.82, 2.24) is 0 Å². The Kier molecular flexibility index (Phi) is 9.35. The third-order valence-corrected chi connectivity index (χ3v) is 15.2. The molecule has 0 spiro atoms. The Balaban J connectivity index is 1.77. The highest BCUT2D eigenvalue weighted by Crippen LogP contribution is 2.52. The maximum atomic E-state index is 16.1. The Morgan fingerprint density at radius 2 is 0.625 bits per heavy atom. The van der Waals surface area contributed by atoms with E-state index in [-0.39, 0.29) is 0 Å². The van der Waals surface area contributed by atoms with Crippen LogP contribution in [-0.4, -0.2) is 14.2 Å². The molecule has 4 nitrogen and oxygen atoms in total. The van der Waals surface area contributed by atoms with Gasteiger partial charge in [0.15, 0.2) is 14.3 Å². The van der Waals surface area contributed by atoms with E-state index < -0.39 is 14.3 Å². The monoisotopic (exact) mass is 670 g/mol. The molecule has 6 heteroatoms. The summed E-state index contributed by atoms with van der Waals surface area (Å²) in [6, 6.07) is 42.9. The normalized spacial score (nSPS) is 11.7. The standard InChI is InChI=1S/C42H40O4P2/c1-29-13-21-33(22-14-29)47(43,34-23-15-30(2)16-24-34)39-11-7-9-37(45-5)41(39)42-38(46-6)10-8-12-40(42)48(44,35-25-17-31(3)18-26-35)36-27-19-32(4)20-28-36/h7-28H,1-6H3. The zero-order valence-electron chi connectivity index (χ0n) is 28.2. The number of benzene rings is 6. The van der Waals surface area contributed by atoms with Crippen LogP contribution in [-0.2, 0) is 9.13 Å². The van der Waals surface area contributed by atoms with Crippen LogP contribution >= 0.6 is 14.3 Å². The predicted molar refractivity (Wildman–Crippen MR) is 203 cm³/mol. The van der Waals surface area contributed by atoms with Crippen molar-refractivity contribution in [2.24, 2.45) is 0 Å². The van der Waals surface area contributed by atoms with Gasteiger partial charge in [0.05, 0.1) is 14.2 Å². The number of ether oxygens (including phenoxy) is 2. The van der Waals surface area contributed by atoms with Crippen LogP contribution in [0, 0.1) is 27.7 Å². The molecule has 0 unspecified atom stereocenters. The molecule has 0 aliphatic heterocycles. The zero-order chi connectivity index (χ0) is 34.1. The zero-order valence-corrected chi connectivity index (χ0v) is 30.0. The van der Waals surface area contributed by atoms with Gasteiger partial charge in [-0.25, -0.2) is 0 Å². The third kappa shape index (κ3) is 5.85. The highest BCUT2D eigenvalue weighted by atomic mass is 31.2. The molecule has 0 fully saturated rings. The number of hydrogen-bond donors (Lipinski definition) is 0. The summed E-state index contributed by atoms with van der Waals surface area (Å²) in [4.78, 5) is 0. The average molecular weight is 671 g/mol. The Morgan fingerprint density at radius 1 is 0.375 bits per heavy atom. The molecule has 0 radical (unpaired) electrons. The van der Waals surface area contributed by atoms with Gasteiger partial charge < -0.3 is 18.6 Å². The average Bonchev–Trinajstić information content (AvgIpc) is 3.11. The quantitative estimate of drug-likeness (QED) is 0.147. The highest BCUT2D eigenvalue weighted by Gasteiger charge is 2.39. The first-order valence-corrected chi connectivity index (χ1v) is 19.4. The molecular weight excluding hydrogens is 630 g/mol. The van der Waals surface area contributed by atoms with Crippen LogP contribution in [0.1, 0.15) is 22.3 Å². The molecule has 6 aromatic carbocycles. The Hall–Kier alpha value is -4.62. The lowest BCUT2D eigenvalue weighted by molar-refractivity contribution is 0.411. The molecule has 0 bridgehead atoms. The first kappa shape index (κ1) is 33.3. The predicted octanol–water partition coefficient (Wildman–Crippen LogP) is 7.88. The second-order valence-corrected chi connectivity index (χ2v) is 17.7. The van der Waals surface area contributed by atoms with E-state index >= 15 is 9.13 Å². The van der Waals surface area contributed by atoms with Gasteiger partial charge in [0.1, 0.15) is 11.5 Å². The number of rotatable bonds is 9.